The average molecular weight is 580 g/mol. The van der Waals surface area contributed by atoms with Crippen molar-refractivity contribution in [2.45, 2.75) is 0 Å². The van der Waals surface area contributed by atoms with Gasteiger partial charge in [-0.2, -0.15) is 0 Å². The molecule has 1 aromatic heterocycles. The maximum absolute atomic E-state index is 13.1. The molecule has 1 aliphatic carbocycles. The summed E-state index contributed by atoms with van der Waals surface area (Å²) in [7, 11) is 1.71. The third-order valence-electron chi connectivity index (χ3n) is 7.22. The predicted molar refractivity (Wildman–Crippen MR) is 133 cm³/mol. The Bertz CT molecular complexity index is 1250. The van der Waals surface area contributed by atoms with Crippen LogP contribution in [-0.2, 0) is 11.8 Å². The van der Waals surface area contributed by atoms with Gasteiger partial charge in [0.25, 0.3) is 11.8 Å². The van der Waals surface area contributed by atoms with Crippen LogP contribution in [0.15, 0.2) is 29.0 Å². The molecule has 2 saturated heterocycles. The summed E-state index contributed by atoms with van der Waals surface area (Å²) in [6.45, 7) is 2.46. The Morgan fingerprint density at radius 2 is 1.69 bits per heavy atom. The Kier molecular flexibility index (Phi) is 6.41. The zero-order chi connectivity index (χ0) is 25.7. The molecule has 3 aliphatic rings. The molecule has 1 aromatic carbocycles. The van der Waals surface area contributed by atoms with Gasteiger partial charge in [-0.1, -0.05) is 11.6 Å². The minimum absolute atomic E-state index is 0.0556. The molecule has 3 heterocycles. The fourth-order valence-electron chi connectivity index (χ4n) is 5.11. The maximum Gasteiger partial charge on any atom is 0.407 e. The van der Waals surface area contributed by atoms with Crippen molar-refractivity contribution in [2.24, 2.45) is 24.8 Å². The van der Waals surface area contributed by atoms with E-state index in [2.05, 4.69) is 26.2 Å². The van der Waals surface area contributed by atoms with Crippen LogP contribution < -0.4 is 5.32 Å². The number of hydrogen-bond donors (Lipinski definition) is 2. The Hall–Kier alpha value is -3.12. The third kappa shape index (κ3) is 4.43. The predicted octanol–water partition coefficient (Wildman–Crippen LogP) is 2.23. The highest BCUT2D eigenvalue weighted by Crippen LogP contribution is 2.52. The SMILES string of the molecule is Cn1c(Br)cnc1C(=O)Nc1ccc(C(=O)N2CCN(C(=O)C3[C@H]4CN(C(=O)O)C[C@@H]34)CC2)c(Cl)c1. The van der Waals surface area contributed by atoms with E-state index in [1.54, 1.807) is 33.5 Å². The number of rotatable bonds is 4. The van der Waals surface area contributed by atoms with Crippen molar-refractivity contribution in [3.63, 3.8) is 0 Å². The summed E-state index contributed by atoms with van der Waals surface area (Å²) in [5, 5.41) is 12.0. The molecule has 0 bridgehead atoms. The average Bonchev–Trinajstić information content (AvgIpc) is 3.15. The van der Waals surface area contributed by atoms with E-state index in [1.807, 2.05) is 0 Å². The molecular formula is C23H24BrClN6O5. The molecule has 0 radical (unpaired) electrons. The summed E-state index contributed by atoms with van der Waals surface area (Å²) >= 11 is 9.69. The van der Waals surface area contributed by atoms with Crippen LogP contribution in [0.2, 0.25) is 5.02 Å². The van der Waals surface area contributed by atoms with Crippen molar-refractivity contribution in [3.8, 4) is 0 Å². The lowest BCUT2D eigenvalue weighted by atomic mass is 10.1. The number of piperidine rings is 1. The molecule has 36 heavy (non-hydrogen) atoms. The summed E-state index contributed by atoms with van der Waals surface area (Å²) in [6.07, 6.45) is 0.594. The lowest BCUT2D eigenvalue weighted by Gasteiger charge is -2.35. The van der Waals surface area contributed by atoms with Gasteiger partial charge >= 0.3 is 6.09 Å². The van der Waals surface area contributed by atoms with Crippen LogP contribution in [0, 0.1) is 17.8 Å². The molecule has 4 amide bonds. The number of imidazole rings is 1. The number of benzene rings is 1. The number of amides is 4. The molecule has 0 spiro atoms. The highest BCUT2D eigenvalue weighted by molar-refractivity contribution is 9.10. The number of likely N-dealkylation sites (tertiary alicyclic amines) is 1. The number of piperazine rings is 1. The highest BCUT2D eigenvalue weighted by atomic mass is 79.9. The molecule has 1 saturated carbocycles. The van der Waals surface area contributed by atoms with Crippen LogP contribution in [0.4, 0.5) is 10.5 Å². The molecule has 13 heteroatoms. The van der Waals surface area contributed by atoms with E-state index < -0.39 is 12.0 Å². The smallest absolute Gasteiger partial charge is 0.407 e. The van der Waals surface area contributed by atoms with Gasteiger partial charge in [0.2, 0.25) is 5.91 Å². The van der Waals surface area contributed by atoms with Crippen LogP contribution in [0.5, 0.6) is 0 Å². The van der Waals surface area contributed by atoms with Gasteiger partial charge in [-0.25, -0.2) is 9.78 Å². The molecular weight excluding hydrogens is 556 g/mol. The fraction of sp³-hybridized carbons (Fsp3) is 0.435. The minimum atomic E-state index is -0.934. The van der Waals surface area contributed by atoms with Crippen LogP contribution in [0.3, 0.4) is 0 Å². The minimum Gasteiger partial charge on any atom is -0.465 e. The van der Waals surface area contributed by atoms with Gasteiger partial charge in [-0.05, 0) is 46.0 Å². The number of carbonyl (C=O) groups is 4. The molecule has 3 atom stereocenters. The number of nitrogens with zero attached hydrogens (tertiary/aromatic N) is 5. The van der Waals surface area contributed by atoms with Crippen molar-refractivity contribution in [3.05, 3.63) is 45.4 Å². The van der Waals surface area contributed by atoms with E-state index in [9.17, 15) is 19.2 Å². The second-order valence-electron chi connectivity index (χ2n) is 9.27. The quantitative estimate of drug-likeness (QED) is 0.572. The number of nitrogens with one attached hydrogen (secondary N) is 1. The van der Waals surface area contributed by atoms with Gasteiger partial charge in [0.15, 0.2) is 5.82 Å². The molecule has 2 aliphatic heterocycles. The van der Waals surface area contributed by atoms with Crippen LogP contribution in [0.1, 0.15) is 21.0 Å². The lowest BCUT2D eigenvalue weighted by Crippen LogP contribution is -2.51. The maximum atomic E-state index is 13.1. The molecule has 11 nitrogen and oxygen atoms in total. The first-order valence-electron chi connectivity index (χ1n) is 11.5. The zero-order valence-corrected chi connectivity index (χ0v) is 21.7. The zero-order valence-electron chi connectivity index (χ0n) is 19.4. The van der Waals surface area contributed by atoms with E-state index in [0.717, 1.165) is 0 Å². The van der Waals surface area contributed by atoms with Gasteiger partial charge in [0.1, 0.15) is 4.60 Å². The Morgan fingerprint density at radius 3 is 2.25 bits per heavy atom. The Labute approximate surface area is 220 Å². The largest absolute Gasteiger partial charge is 0.465 e. The van der Waals surface area contributed by atoms with E-state index in [4.69, 9.17) is 16.7 Å². The molecule has 2 N–H and O–H groups in total. The summed E-state index contributed by atoms with van der Waals surface area (Å²) in [5.74, 6) is -0.241. The van der Waals surface area contributed by atoms with Gasteiger partial charge in [0.05, 0.1) is 16.8 Å². The van der Waals surface area contributed by atoms with E-state index in [0.29, 0.717) is 55.1 Å². The van der Waals surface area contributed by atoms with Gasteiger partial charge in [-0.15, -0.1) is 0 Å². The van der Waals surface area contributed by atoms with E-state index in [-0.39, 0.29) is 40.4 Å². The number of carboxylic acid groups (broad SMARTS) is 1. The number of hydrogen-bond acceptors (Lipinski definition) is 5. The first-order chi connectivity index (χ1) is 17.2. The van der Waals surface area contributed by atoms with E-state index in [1.165, 1.54) is 17.2 Å². The fourth-order valence-corrected chi connectivity index (χ4v) is 5.64. The molecule has 2 aromatic rings. The summed E-state index contributed by atoms with van der Waals surface area (Å²) in [5.41, 5.74) is 0.757. The summed E-state index contributed by atoms with van der Waals surface area (Å²) in [6, 6.07) is 4.71. The molecule has 190 valence electrons. The molecule has 5 rings (SSSR count). The number of aromatic nitrogens is 2. The van der Waals surface area contributed by atoms with Crippen LogP contribution in [0.25, 0.3) is 0 Å². The lowest BCUT2D eigenvalue weighted by molar-refractivity contribution is -0.135. The van der Waals surface area contributed by atoms with Crippen molar-refractivity contribution in [1.29, 1.82) is 0 Å². The van der Waals surface area contributed by atoms with Gasteiger partial charge in [-0.3, -0.25) is 14.4 Å². The second kappa shape index (κ2) is 9.40. The number of carbonyl (C=O) groups excluding carboxylic acids is 3. The van der Waals surface area contributed by atoms with Crippen molar-refractivity contribution in [2.75, 3.05) is 44.6 Å². The van der Waals surface area contributed by atoms with Crippen molar-refractivity contribution < 1.29 is 24.3 Å². The van der Waals surface area contributed by atoms with Crippen molar-refractivity contribution in [1.82, 2.24) is 24.3 Å². The molecule has 1 unspecified atom stereocenters. The highest BCUT2D eigenvalue weighted by Gasteiger charge is 2.61. The summed E-state index contributed by atoms with van der Waals surface area (Å²) < 4.78 is 2.26. The number of anilines is 1. The first kappa shape index (κ1) is 24.6. The molecule has 3 fully saturated rings. The third-order valence-corrected chi connectivity index (χ3v) is 8.27. The topological polar surface area (TPSA) is 128 Å². The summed E-state index contributed by atoms with van der Waals surface area (Å²) in [4.78, 5) is 58.4. The van der Waals surface area contributed by atoms with Crippen LogP contribution in [-0.4, -0.2) is 92.4 Å². The second-order valence-corrected chi connectivity index (χ2v) is 10.5. The standard InChI is InChI=1S/C23H24BrClN6O5/c1-28-17(24)9-26-19(28)20(32)27-12-2-3-13(16(25)8-12)21(33)29-4-6-30(7-5-29)22(34)18-14-10-31(23(35)36)11-15(14)18/h2-3,8-9,14-15,18H,4-7,10-11H2,1H3,(H,27,32)(H,35,36)/t14-,15+,18?. The Balaban J connectivity index is 1.15. The number of fused-ring (bicyclic) bond motifs is 1. The van der Waals surface area contributed by atoms with Gasteiger partial charge in [0, 0.05) is 57.9 Å². The Morgan fingerprint density at radius 1 is 1.06 bits per heavy atom. The normalized spacial score (nSPS) is 22.9. The monoisotopic (exact) mass is 578 g/mol. The van der Waals surface area contributed by atoms with Crippen LogP contribution >= 0.6 is 27.5 Å². The number of halogens is 2. The van der Waals surface area contributed by atoms with Gasteiger partial charge < -0.3 is 29.7 Å². The first-order valence-corrected chi connectivity index (χ1v) is 12.7. The van der Waals surface area contributed by atoms with E-state index >= 15 is 0 Å². The van der Waals surface area contributed by atoms with Crippen molar-refractivity contribution >= 4 is 57.0 Å².